The van der Waals surface area contributed by atoms with E-state index in [4.69, 9.17) is 9.47 Å². The van der Waals surface area contributed by atoms with E-state index >= 15 is 0 Å². The number of methoxy groups -OCH3 is 1. The molecule has 1 aromatic carbocycles. The van der Waals surface area contributed by atoms with Gasteiger partial charge in [-0.3, -0.25) is 4.79 Å². The molecule has 0 amide bonds. The summed E-state index contributed by atoms with van der Waals surface area (Å²) in [5.74, 6) is -0.212. The molecule has 0 saturated heterocycles. The lowest BCUT2D eigenvalue weighted by Gasteiger charge is -2.31. The normalized spacial score (nSPS) is 21.4. The van der Waals surface area contributed by atoms with Crippen LogP contribution in [0.25, 0.3) is 6.08 Å². The van der Waals surface area contributed by atoms with Crippen LogP contribution in [0.2, 0.25) is 0 Å². The Labute approximate surface area is 107 Å². The van der Waals surface area contributed by atoms with Crippen LogP contribution in [-0.4, -0.2) is 19.7 Å². The van der Waals surface area contributed by atoms with Gasteiger partial charge >= 0.3 is 5.97 Å². The summed E-state index contributed by atoms with van der Waals surface area (Å²) in [6.45, 7) is 4.11. The van der Waals surface area contributed by atoms with Crippen molar-refractivity contribution >= 4 is 12.0 Å². The van der Waals surface area contributed by atoms with E-state index in [1.165, 1.54) is 0 Å². The third-order valence-corrected chi connectivity index (χ3v) is 3.33. The van der Waals surface area contributed by atoms with Gasteiger partial charge in [0.1, 0.15) is 0 Å². The van der Waals surface area contributed by atoms with Gasteiger partial charge < -0.3 is 9.47 Å². The molecule has 0 N–H and O–H groups in total. The van der Waals surface area contributed by atoms with Crippen molar-refractivity contribution in [3.8, 4) is 0 Å². The molecule has 0 radical (unpaired) electrons. The molecule has 1 aliphatic carbocycles. The maximum absolute atomic E-state index is 11.7. The summed E-state index contributed by atoms with van der Waals surface area (Å²) < 4.78 is 11.0. The maximum Gasteiger partial charge on any atom is 0.306 e. The van der Waals surface area contributed by atoms with Gasteiger partial charge in [-0.05, 0) is 18.1 Å². The second kappa shape index (κ2) is 4.94. The van der Waals surface area contributed by atoms with Crippen molar-refractivity contribution in [1.29, 1.82) is 0 Å². The molecular formula is C15H18O3. The minimum atomic E-state index is -0.752. The highest BCUT2D eigenvalue weighted by molar-refractivity contribution is 5.74. The molecule has 0 aromatic heterocycles. The van der Waals surface area contributed by atoms with Crippen molar-refractivity contribution in [2.45, 2.75) is 25.9 Å². The molecule has 18 heavy (non-hydrogen) atoms. The number of ether oxygens (including phenoxy) is 2. The van der Waals surface area contributed by atoms with Gasteiger partial charge in [-0.25, -0.2) is 0 Å². The van der Waals surface area contributed by atoms with Crippen molar-refractivity contribution in [2.24, 2.45) is 0 Å². The molecule has 1 atom stereocenters. The van der Waals surface area contributed by atoms with Gasteiger partial charge in [0.25, 0.3) is 0 Å². The van der Waals surface area contributed by atoms with Crippen LogP contribution in [0, 0.1) is 0 Å². The molecule has 0 spiro atoms. The SMILES string of the molecule is CCC(=O)OC1(COC)C(C)=Cc2ccccc21. The molecule has 96 valence electrons. The lowest BCUT2D eigenvalue weighted by molar-refractivity contribution is -0.161. The van der Waals surface area contributed by atoms with Crippen LogP contribution in [0.5, 0.6) is 0 Å². The van der Waals surface area contributed by atoms with Gasteiger partial charge in [0.2, 0.25) is 0 Å². The number of hydrogen-bond donors (Lipinski definition) is 0. The Morgan fingerprint density at radius 3 is 2.72 bits per heavy atom. The first-order chi connectivity index (χ1) is 8.64. The Balaban J connectivity index is 2.47. The summed E-state index contributed by atoms with van der Waals surface area (Å²) in [5.41, 5.74) is 2.35. The fourth-order valence-electron chi connectivity index (χ4n) is 2.38. The van der Waals surface area contributed by atoms with E-state index in [1.807, 2.05) is 31.2 Å². The lowest BCUT2D eigenvalue weighted by atomic mass is 9.91. The summed E-state index contributed by atoms with van der Waals surface area (Å²) >= 11 is 0. The van der Waals surface area contributed by atoms with Crippen molar-refractivity contribution < 1.29 is 14.3 Å². The van der Waals surface area contributed by atoms with Crippen LogP contribution < -0.4 is 0 Å². The van der Waals surface area contributed by atoms with Crippen LogP contribution >= 0.6 is 0 Å². The minimum absolute atomic E-state index is 0.212. The van der Waals surface area contributed by atoms with Crippen LogP contribution in [0.4, 0.5) is 0 Å². The van der Waals surface area contributed by atoms with Crippen LogP contribution in [0.15, 0.2) is 29.8 Å². The average molecular weight is 246 g/mol. The second-order valence-electron chi connectivity index (χ2n) is 4.50. The molecule has 1 aromatic rings. The number of hydrogen-bond acceptors (Lipinski definition) is 3. The van der Waals surface area contributed by atoms with Crippen molar-refractivity contribution in [2.75, 3.05) is 13.7 Å². The molecule has 3 heteroatoms. The number of fused-ring (bicyclic) bond motifs is 1. The minimum Gasteiger partial charge on any atom is -0.447 e. The Morgan fingerprint density at radius 2 is 2.06 bits per heavy atom. The van der Waals surface area contributed by atoms with Crippen molar-refractivity contribution in [1.82, 2.24) is 0 Å². The molecule has 0 saturated carbocycles. The van der Waals surface area contributed by atoms with Crippen molar-refractivity contribution in [3.63, 3.8) is 0 Å². The predicted octanol–water partition coefficient (Wildman–Crippen LogP) is 2.90. The molecule has 1 aliphatic rings. The predicted molar refractivity (Wildman–Crippen MR) is 70.0 cm³/mol. The third-order valence-electron chi connectivity index (χ3n) is 3.33. The second-order valence-corrected chi connectivity index (χ2v) is 4.50. The quantitative estimate of drug-likeness (QED) is 0.766. The lowest BCUT2D eigenvalue weighted by Crippen LogP contribution is -2.36. The highest BCUT2D eigenvalue weighted by atomic mass is 16.6. The molecule has 1 unspecified atom stereocenters. The Morgan fingerprint density at radius 1 is 1.33 bits per heavy atom. The molecular weight excluding hydrogens is 228 g/mol. The summed E-state index contributed by atoms with van der Waals surface area (Å²) in [6, 6.07) is 7.95. The van der Waals surface area contributed by atoms with Crippen LogP contribution in [0.3, 0.4) is 0 Å². The van der Waals surface area contributed by atoms with E-state index in [2.05, 4.69) is 6.08 Å². The third kappa shape index (κ3) is 1.95. The number of rotatable bonds is 4. The highest BCUT2D eigenvalue weighted by Gasteiger charge is 2.43. The molecule has 0 fully saturated rings. The maximum atomic E-state index is 11.7. The zero-order chi connectivity index (χ0) is 13.2. The molecule has 2 rings (SSSR count). The van der Waals surface area contributed by atoms with E-state index in [0.29, 0.717) is 13.0 Å². The fourth-order valence-corrected chi connectivity index (χ4v) is 2.38. The number of esters is 1. The van der Waals surface area contributed by atoms with Gasteiger partial charge in [0.15, 0.2) is 5.60 Å². The van der Waals surface area contributed by atoms with E-state index < -0.39 is 5.60 Å². The zero-order valence-corrected chi connectivity index (χ0v) is 11.0. The summed E-state index contributed by atoms with van der Waals surface area (Å²) in [6.07, 6.45) is 2.41. The van der Waals surface area contributed by atoms with Gasteiger partial charge in [-0.2, -0.15) is 0 Å². The standard InChI is InChI=1S/C15H18O3/c1-4-14(16)18-15(10-17-3)11(2)9-12-7-5-6-8-13(12)15/h5-9H,4,10H2,1-3H3. The topological polar surface area (TPSA) is 35.5 Å². The molecule has 0 bridgehead atoms. The molecule has 3 nitrogen and oxygen atoms in total. The van der Waals surface area contributed by atoms with Crippen molar-refractivity contribution in [3.05, 3.63) is 41.0 Å². The first-order valence-corrected chi connectivity index (χ1v) is 6.13. The van der Waals surface area contributed by atoms with Crippen LogP contribution in [0.1, 0.15) is 31.4 Å². The average Bonchev–Trinajstić information content (AvgIpc) is 2.63. The first-order valence-electron chi connectivity index (χ1n) is 6.13. The molecule has 0 heterocycles. The number of carbonyl (C=O) groups is 1. The smallest absolute Gasteiger partial charge is 0.306 e. The summed E-state index contributed by atoms with van der Waals surface area (Å²) in [4.78, 5) is 11.7. The highest BCUT2D eigenvalue weighted by Crippen LogP contribution is 2.43. The van der Waals surface area contributed by atoms with Gasteiger partial charge in [-0.15, -0.1) is 0 Å². The van der Waals surface area contributed by atoms with Gasteiger partial charge in [0.05, 0.1) is 6.61 Å². The monoisotopic (exact) mass is 246 g/mol. The van der Waals surface area contributed by atoms with Crippen LogP contribution in [-0.2, 0) is 19.9 Å². The number of carbonyl (C=O) groups excluding carboxylic acids is 1. The van der Waals surface area contributed by atoms with Gasteiger partial charge in [0, 0.05) is 19.1 Å². The van der Waals surface area contributed by atoms with E-state index in [0.717, 1.165) is 16.7 Å². The summed E-state index contributed by atoms with van der Waals surface area (Å²) in [7, 11) is 1.62. The number of benzene rings is 1. The summed E-state index contributed by atoms with van der Waals surface area (Å²) in [5, 5.41) is 0. The Kier molecular flexibility index (Phi) is 3.53. The zero-order valence-electron chi connectivity index (χ0n) is 11.0. The van der Waals surface area contributed by atoms with E-state index in [-0.39, 0.29) is 5.97 Å². The van der Waals surface area contributed by atoms with Gasteiger partial charge in [-0.1, -0.05) is 37.3 Å². The van der Waals surface area contributed by atoms with E-state index in [1.54, 1.807) is 14.0 Å². The largest absolute Gasteiger partial charge is 0.447 e. The fraction of sp³-hybridized carbons (Fsp3) is 0.400. The molecule has 0 aliphatic heterocycles. The van der Waals surface area contributed by atoms with E-state index in [9.17, 15) is 4.79 Å². The Hall–Kier alpha value is -1.61. The first kappa shape index (κ1) is 12.8. The Bertz CT molecular complexity index is 490.